The minimum Gasteiger partial charge on any atom is -0.394 e. The lowest BCUT2D eigenvalue weighted by molar-refractivity contribution is -0.119. The zero-order valence-corrected chi connectivity index (χ0v) is 10.2. The lowest BCUT2D eigenvalue weighted by Crippen LogP contribution is -2.57. The Hall–Kier alpha value is -1.55. The third kappa shape index (κ3) is 2.00. The molecule has 0 saturated carbocycles. The summed E-state index contributed by atoms with van der Waals surface area (Å²) in [5.74, 6) is 0.285. The molecule has 0 aromatic heterocycles. The van der Waals surface area contributed by atoms with Crippen molar-refractivity contribution < 1.29 is 19.7 Å². The summed E-state index contributed by atoms with van der Waals surface area (Å²) in [5.41, 5.74) is 6.07. The maximum absolute atomic E-state index is 11.7. The number of hydrogen-bond acceptors (Lipinski definition) is 8. The molecule has 1 amide bonds. The van der Waals surface area contributed by atoms with Crippen LogP contribution in [-0.4, -0.2) is 59.0 Å². The molecule has 3 rings (SSSR count). The van der Waals surface area contributed by atoms with Crippen LogP contribution in [0, 0.1) is 0 Å². The van der Waals surface area contributed by atoms with Gasteiger partial charge in [-0.2, -0.15) is 0 Å². The third-order valence-corrected chi connectivity index (χ3v) is 3.49. The molecule has 0 radical (unpaired) electrons. The van der Waals surface area contributed by atoms with E-state index in [1.807, 2.05) is 0 Å². The van der Waals surface area contributed by atoms with E-state index < -0.39 is 24.7 Å². The molecule has 0 aromatic rings. The summed E-state index contributed by atoms with van der Waals surface area (Å²) in [6.45, 7) is 0.144. The van der Waals surface area contributed by atoms with E-state index in [2.05, 4.69) is 16.0 Å². The number of ether oxygens (including phenoxy) is 1. The monoisotopic (exact) mass is 271 g/mol. The molecule has 3 aliphatic rings. The Morgan fingerprint density at radius 3 is 2.95 bits per heavy atom. The molecule has 0 bridgehead atoms. The molecule has 4 unspecified atom stereocenters. The Balaban J connectivity index is 1.78. The number of hydrogen-bond donors (Lipinski definition) is 6. The van der Waals surface area contributed by atoms with Crippen molar-refractivity contribution in [3.8, 4) is 0 Å². The number of carbonyl (C=O) groups is 1. The summed E-state index contributed by atoms with van der Waals surface area (Å²) in [4.78, 5) is 13.5. The van der Waals surface area contributed by atoms with Gasteiger partial charge in [-0.15, -0.1) is 0 Å². The Kier molecular flexibility index (Phi) is 2.97. The largest absolute Gasteiger partial charge is 0.394 e. The molecule has 4 atom stereocenters. The summed E-state index contributed by atoms with van der Waals surface area (Å²) >= 11 is 0. The van der Waals surface area contributed by atoms with Crippen LogP contribution in [0.15, 0.2) is 11.5 Å². The second-order valence-corrected chi connectivity index (χ2v) is 4.74. The topological polar surface area (TPSA) is 132 Å². The van der Waals surface area contributed by atoms with Crippen LogP contribution in [0.5, 0.6) is 0 Å². The summed E-state index contributed by atoms with van der Waals surface area (Å²) in [6.07, 6.45) is -2.01. The first-order chi connectivity index (χ1) is 9.10. The molecule has 9 nitrogen and oxygen atoms in total. The number of aliphatic hydroxyl groups is 2. The lowest BCUT2D eigenvalue weighted by atomic mass is 10.2. The van der Waals surface area contributed by atoms with Crippen molar-refractivity contribution >= 4 is 5.91 Å². The van der Waals surface area contributed by atoms with Gasteiger partial charge in [0.1, 0.15) is 23.8 Å². The molecule has 1 fully saturated rings. The first-order valence-electron chi connectivity index (χ1n) is 6.12. The smallest absolute Gasteiger partial charge is 0.273 e. The lowest BCUT2D eigenvalue weighted by Gasteiger charge is -2.31. The van der Waals surface area contributed by atoms with Gasteiger partial charge in [-0.1, -0.05) is 0 Å². The highest BCUT2D eigenvalue weighted by Gasteiger charge is 2.42. The van der Waals surface area contributed by atoms with Gasteiger partial charge in [0.2, 0.25) is 0 Å². The highest BCUT2D eigenvalue weighted by molar-refractivity contribution is 5.94. The number of nitrogens with zero attached hydrogens (tertiary/aromatic N) is 1. The summed E-state index contributed by atoms with van der Waals surface area (Å²) in [7, 11) is 0. The van der Waals surface area contributed by atoms with E-state index >= 15 is 0 Å². The van der Waals surface area contributed by atoms with Crippen molar-refractivity contribution in [1.82, 2.24) is 20.9 Å². The predicted molar refractivity (Wildman–Crippen MR) is 62.5 cm³/mol. The van der Waals surface area contributed by atoms with Crippen LogP contribution in [0.2, 0.25) is 0 Å². The Labute approximate surface area is 109 Å². The standard InChI is InChI=1S/C10H17N5O4/c11-10-13-8-7(9(18)14-10)12-3-15(8)6-1-4(17)5(2-16)19-6/h4-6,10,12-13,16-17H,1-3,11H2,(H,14,18). The van der Waals surface area contributed by atoms with Crippen molar-refractivity contribution in [2.75, 3.05) is 13.3 Å². The molecule has 0 spiro atoms. The molecular weight excluding hydrogens is 254 g/mol. The number of carbonyl (C=O) groups excluding carboxylic acids is 1. The minimum atomic E-state index is -0.717. The van der Waals surface area contributed by atoms with E-state index in [9.17, 15) is 9.90 Å². The number of rotatable bonds is 2. The van der Waals surface area contributed by atoms with Crippen LogP contribution in [0.3, 0.4) is 0 Å². The van der Waals surface area contributed by atoms with Crippen LogP contribution in [0.25, 0.3) is 0 Å². The molecule has 3 heterocycles. The number of nitrogens with two attached hydrogens (primary N) is 1. The molecular formula is C10H17N5O4. The second kappa shape index (κ2) is 4.53. The fourth-order valence-corrected chi connectivity index (χ4v) is 2.53. The molecule has 9 heteroatoms. The van der Waals surface area contributed by atoms with Crippen molar-refractivity contribution in [3.05, 3.63) is 11.5 Å². The summed E-state index contributed by atoms with van der Waals surface area (Å²) < 4.78 is 5.57. The predicted octanol–water partition coefficient (Wildman–Crippen LogP) is -3.55. The molecule has 0 aromatic carbocycles. The van der Waals surface area contributed by atoms with E-state index in [0.29, 0.717) is 24.6 Å². The zero-order valence-electron chi connectivity index (χ0n) is 10.2. The molecule has 3 aliphatic heterocycles. The van der Waals surface area contributed by atoms with Gasteiger partial charge in [-0.3, -0.25) is 10.5 Å². The van der Waals surface area contributed by atoms with E-state index in [1.54, 1.807) is 4.90 Å². The zero-order chi connectivity index (χ0) is 13.6. The number of aliphatic hydroxyl groups excluding tert-OH is 2. The van der Waals surface area contributed by atoms with Crippen LogP contribution >= 0.6 is 0 Å². The minimum absolute atomic E-state index is 0.238. The molecule has 1 saturated heterocycles. The molecule has 19 heavy (non-hydrogen) atoms. The average molecular weight is 271 g/mol. The van der Waals surface area contributed by atoms with Crippen LogP contribution in [0.4, 0.5) is 0 Å². The Bertz CT molecular complexity index is 428. The van der Waals surface area contributed by atoms with E-state index in [-0.39, 0.29) is 12.5 Å². The second-order valence-electron chi connectivity index (χ2n) is 4.74. The van der Waals surface area contributed by atoms with E-state index in [4.69, 9.17) is 15.6 Å². The van der Waals surface area contributed by atoms with Crippen molar-refractivity contribution in [2.24, 2.45) is 5.73 Å². The maximum Gasteiger partial charge on any atom is 0.273 e. The van der Waals surface area contributed by atoms with Crippen LogP contribution < -0.4 is 21.7 Å². The number of amides is 1. The molecule has 7 N–H and O–H groups in total. The maximum atomic E-state index is 11.7. The summed E-state index contributed by atoms with van der Waals surface area (Å²) in [5, 5.41) is 27.3. The van der Waals surface area contributed by atoms with Crippen LogP contribution in [-0.2, 0) is 9.53 Å². The van der Waals surface area contributed by atoms with Gasteiger partial charge in [0.05, 0.1) is 19.4 Å². The van der Waals surface area contributed by atoms with Gasteiger partial charge in [-0.05, 0) is 0 Å². The van der Waals surface area contributed by atoms with Crippen molar-refractivity contribution in [1.29, 1.82) is 0 Å². The highest BCUT2D eigenvalue weighted by Crippen LogP contribution is 2.28. The van der Waals surface area contributed by atoms with Gasteiger partial charge >= 0.3 is 0 Å². The third-order valence-electron chi connectivity index (χ3n) is 3.49. The fraction of sp³-hybridized carbons (Fsp3) is 0.700. The molecule has 0 aliphatic carbocycles. The quantitative estimate of drug-likeness (QED) is 0.304. The van der Waals surface area contributed by atoms with Crippen LogP contribution in [0.1, 0.15) is 6.42 Å². The van der Waals surface area contributed by atoms with Crippen molar-refractivity contribution in [3.63, 3.8) is 0 Å². The average Bonchev–Trinajstić information content (AvgIpc) is 2.92. The van der Waals surface area contributed by atoms with Gasteiger partial charge in [-0.25, -0.2) is 0 Å². The Morgan fingerprint density at radius 1 is 1.47 bits per heavy atom. The first-order valence-corrected chi connectivity index (χ1v) is 6.12. The Morgan fingerprint density at radius 2 is 2.26 bits per heavy atom. The highest BCUT2D eigenvalue weighted by atomic mass is 16.5. The summed E-state index contributed by atoms with van der Waals surface area (Å²) in [6, 6.07) is 0. The van der Waals surface area contributed by atoms with Gasteiger partial charge in [0.25, 0.3) is 5.91 Å². The normalized spacial score (nSPS) is 37.8. The fourth-order valence-electron chi connectivity index (χ4n) is 2.53. The van der Waals surface area contributed by atoms with Crippen molar-refractivity contribution in [2.45, 2.75) is 31.1 Å². The van der Waals surface area contributed by atoms with Gasteiger partial charge in [0, 0.05) is 6.42 Å². The van der Waals surface area contributed by atoms with E-state index in [1.165, 1.54) is 0 Å². The SMILES string of the molecule is NC1NC(=O)C2=C(N1)N(C1CC(O)C(CO)O1)CN2. The van der Waals surface area contributed by atoms with Gasteiger partial charge in [0.15, 0.2) is 6.29 Å². The van der Waals surface area contributed by atoms with Gasteiger partial charge < -0.3 is 35.8 Å². The molecule has 106 valence electrons. The first kappa shape index (κ1) is 12.5. The van der Waals surface area contributed by atoms with E-state index in [0.717, 1.165) is 0 Å². The number of nitrogens with one attached hydrogen (secondary N) is 3.